The van der Waals surface area contributed by atoms with E-state index in [2.05, 4.69) is 10.0 Å². The number of halogens is 2. The minimum absolute atomic E-state index is 0.0635. The highest BCUT2D eigenvalue weighted by molar-refractivity contribution is 7.89. The van der Waals surface area contributed by atoms with Gasteiger partial charge >= 0.3 is 0 Å². The van der Waals surface area contributed by atoms with Crippen LogP contribution in [0.2, 0.25) is 8.67 Å². The molecule has 4 nitrogen and oxygen atoms in total. The van der Waals surface area contributed by atoms with Crippen molar-refractivity contribution in [1.29, 1.82) is 0 Å². The minimum atomic E-state index is -3.58. The molecule has 1 fully saturated rings. The van der Waals surface area contributed by atoms with Crippen LogP contribution in [0.5, 0.6) is 0 Å². The number of nitrogens with one attached hydrogen (secondary N) is 2. The summed E-state index contributed by atoms with van der Waals surface area (Å²) in [6, 6.07) is 1.89. The first-order valence-corrected chi connectivity index (χ1v) is 10.2. The fourth-order valence-corrected chi connectivity index (χ4v) is 5.71. The van der Waals surface area contributed by atoms with Gasteiger partial charge in [0.1, 0.15) is 9.23 Å². The van der Waals surface area contributed by atoms with Gasteiger partial charge in [0.05, 0.1) is 4.34 Å². The van der Waals surface area contributed by atoms with Crippen molar-refractivity contribution in [2.75, 3.05) is 13.1 Å². The first-order valence-electron chi connectivity index (χ1n) is 7.17. The van der Waals surface area contributed by atoms with E-state index in [-0.39, 0.29) is 9.23 Å². The number of hydrogen-bond acceptors (Lipinski definition) is 4. The van der Waals surface area contributed by atoms with Gasteiger partial charge in [-0.3, -0.25) is 0 Å². The summed E-state index contributed by atoms with van der Waals surface area (Å²) >= 11 is 12.7. The maximum atomic E-state index is 12.1. The summed E-state index contributed by atoms with van der Waals surface area (Å²) < 4.78 is 27.3. The van der Waals surface area contributed by atoms with E-state index in [0.29, 0.717) is 23.5 Å². The van der Waals surface area contributed by atoms with Gasteiger partial charge in [-0.05, 0) is 18.9 Å². The highest BCUT2D eigenvalue weighted by Gasteiger charge is 2.20. The van der Waals surface area contributed by atoms with Gasteiger partial charge < -0.3 is 5.32 Å². The molecule has 0 saturated heterocycles. The zero-order valence-electron chi connectivity index (χ0n) is 11.7. The lowest BCUT2D eigenvalue weighted by Gasteiger charge is -2.16. The van der Waals surface area contributed by atoms with Gasteiger partial charge in [-0.1, -0.05) is 48.9 Å². The monoisotopic (exact) mass is 370 g/mol. The Kier molecular flexibility index (Phi) is 6.78. The Morgan fingerprint density at radius 2 is 1.81 bits per heavy atom. The van der Waals surface area contributed by atoms with Crippen molar-refractivity contribution in [1.82, 2.24) is 10.0 Å². The third-order valence-corrected chi connectivity index (χ3v) is 6.83. The van der Waals surface area contributed by atoms with Gasteiger partial charge in [0, 0.05) is 19.1 Å². The van der Waals surface area contributed by atoms with Crippen LogP contribution in [0.15, 0.2) is 11.0 Å². The van der Waals surface area contributed by atoms with Crippen LogP contribution in [0.3, 0.4) is 0 Å². The standard InChI is InChI=1S/C13H20Cl2N2O2S2/c14-12-9-11(13(15)20-12)21(18,19)17-8-7-16-10-5-3-1-2-4-6-10/h9-10,16-17H,1-8H2. The largest absolute Gasteiger partial charge is 0.313 e. The maximum Gasteiger partial charge on any atom is 0.243 e. The van der Waals surface area contributed by atoms with E-state index in [1.54, 1.807) is 0 Å². The Bertz CT molecular complexity index is 553. The topological polar surface area (TPSA) is 58.2 Å². The lowest BCUT2D eigenvalue weighted by atomic mass is 10.1. The lowest BCUT2D eigenvalue weighted by Crippen LogP contribution is -2.36. The predicted molar refractivity (Wildman–Crippen MR) is 89.0 cm³/mol. The molecule has 2 rings (SSSR count). The molecule has 0 bridgehead atoms. The second-order valence-corrected chi connectivity index (χ2v) is 9.25. The first-order chi connectivity index (χ1) is 9.99. The smallest absolute Gasteiger partial charge is 0.243 e. The van der Waals surface area contributed by atoms with Crippen molar-refractivity contribution >= 4 is 44.6 Å². The number of rotatable bonds is 6. The Hall–Kier alpha value is 0.150. The normalized spacial score (nSPS) is 17.8. The van der Waals surface area contributed by atoms with Crippen molar-refractivity contribution < 1.29 is 8.42 Å². The molecule has 0 radical (unpaired) electrons. The Morgan fingerprint density at radius 3 is 2.38 bits per heavy atom. The molecule has 0 aliphatic heterocycles. The molecular formula is C13H20Cl2N2O2S2. The van der Waals surface area contributed by atoms with E-state index in [9.17, 15) is 8.42 Å². The number of thiophene rings is 1. The first kappa shape index (κ1) is 17.5. The Morgan fingerprint density at radius 1 is 1.14 bits per heavy atom. The molecule has 1 aromatic rings. The number of sulfonamides is 1. The molecule has 0 atom stereocenters. The third kappa shape index (κ3) is 5.37. The van der Waals surface area contributed by atoms with Crippen LogP contribution < -0.4 is 10.0 Å². The lowest BCUT2D eigenvalue weighted by molar-refractivity contribution is 0.461. The second kappa shape index (κ2) is 8.13. The summed E-state index contributed by atoms with van der Waals surface area (Å²) in [5.41, 5.74) is 0. The summed E-state index contributed by atoms with van der Waals surface area (Å²) in [5, 5.41) is 3.42. The van der Waals surface area contributed by atoms with Crippen LogP contribution in [0, 0.1) is 0 Å². The zero-order valence-corrected chi connectivity index (χ0v) is 14.8. The molecule has 8 heteroatoms. The summed E-state index contributed by atoms with van der Waals surface area (Å²) in [5.74, 6) is 0. The Balaban J connectivity index is 1.78. The molecule has 1 aliphatic carbocycles. The zero-order chi connectivity index (χ0) is 15.3. The molecular weight excluding hydrogens is 351 g/mol. The molecule has 0 aromatic carbocycles. The molecule has 0 spiro atoms. The third-order valence-electron chi connectivity index (χ3n) is 3.62. The van der Waals surface area contributed by atoms with E-state index < -0.39 is 10.0 Å². The molecule has 1 saturated carbocycles. The molecule has 1 aliphatic rings. The van der Waals surface area contributed by atoms with Crippen LogP contribution in [0.1, 0.15) is 38.5 Å². The highest BCUT2D eigenvalue weighted by atomic mass is 35.5. The van der Waals surface area contributed by atoms with Gasteiger partial charge in [0.25, 0.3) is 0 Å². The van der Waals surface area contributed by atoms with Gasteiger partial charge in [0.15, 0.2) is 0 Å². The predicted octanol–water partition coefficient (Wildman–Crippen LogP) is 3.65. The van der Waals surface area contributed by atoms with Crippen LogP contribution in [0.4, 0.5) is 0 Å². The average Bonchev–Trinajstić information content (AvgIpc) is 2.65. The molecule has 0 unspecified atom stereocenters. The van der Waals surface area contributed by atoms with Crippen molar-refractivity contribution in [3.8, 4) is 0 Å². The molecule has 120 valence electrons. The quantitative estimate of drug-likeness (QED) is 0.593. The summed E-state index contributed by atoms with van der Waals surface area (Å²) in [4.78, 5) is 0.0635. The van der Waals surface area contributed by atoms with Crippen molar-refractivity contribution in [3.63, 3.8) is 0 Å². The number of hydrogen-bond donors (Lipinski definition) is 2. The SMILES string of the molecule is O=S(=O)(NCCNC1CCCCCC1)c1cc(Cl)sc1Cl. The van der Waals surface area contributed by atoms with Crippen LogP contribution in [-0.4, -0.2) is 27.5 Å². The Labute approximate surface area is 140 Å². The second-order valence-electron chi connectivity index (χ2n) is 5.23. The van der Waals surface area contributed by atoms with E-state index in [1.165, 1.54) is 44.6 Å². The molecule has 0 amide bonds. The van der Waals surface area contributed by atoms with Crippen molar-refractivity contribution in [3.05, 3.63) is 14.7 Å². The maximum absolute atomic E-state index is 12.1. The van der Waals surface area contributed by atoms with E-state index in [1.807, 2.05) is 0 Å². The van der Waals surface area contributed by atoms with Gasteiger partial charge in [-0.2, -0.15) is 0 Å². The fraction of sp³-hybridized carbons (Fsp3) is 0.692. The van der Waals surface area contributed by atoms with E-state index >= 15 is 0 Å². The molecule has 1 heterocycles. The van der Waals surface area contributed by atoms with Crippen molar-refractivity contribution in [2.24, 2.45) is 0 Å². The van der Waals surface area contributed by atoms with Crippen LogP contribution in [-0.2, 0) is 10.0 Å². The van der Waals surface area contributed by atoms with E-state index in [4.69, 9.17) is 23.2 Å². The fourth-order valence-electron chi connectivity index (χ4n) is 2.53. The van der Waals surface area contributed by atoms with Gasteiger partial charge in [-0.15, -0.1) is 11.3 Å². The summed E-state index contributed by atoms with van der Waals surface area (Å²) in [6.07, 6.45) is 7.49. The molecule has 21 heavy (non-hydrogen) atoms. The van der Waals surface area contributed by atoms with Crippen LogP contribution in [0.25, 0.3) is 0 Å². The highest BCUT2D eigenvalue weighted by Crippen LogP contribution is 2.33. The van der Waals surface area contributed by atoms with E-state index in [0.717, 1.165) is 11.3 Å². The summed E-state index contributed by atoms with van der Waals surface area (Å²) in [7, 11) is -3.58. The van der Waals surface area contributed by atoms with Gasteiger partial charge in [-0.25, -0.2) is 13.1 Å². The summed E-state index contributed by atoms with van der Waals surface area (Å²) in [6.45, 7) is 0.974. The van der Waals surface area contributed by atoms with Crippen molar-refractivity contribution in [2.45, 2.75) is 49.5 Å². The molecule has 1 aromatic heterocycles. The van der Waals surface area contributed by atoms with Gasteiger partial charge in [0.2, 0.25) is 10.0 Å². The van der Waals surface area contributed by atoms with Crippen LogP contribution >= 0.6 is 34.5 Å². The minimum Gasteiger partial charge on any atom is -0.313 e. The molecule has 2 N–H and O–H groups in total. The average molecular weight is 371 g/mol.